The Bertz CT molecular complexity index is 51.2. The smallest absolute Gasteiger partial charge is 0.0659 e. The van der Waals surface area contributed by atoms with E-state index < -0.39 is 0 Å². The summed E-state index contributed by atoms with van der Waals surface area (Å²) in [6.45, 7) is 2.06. The van der Waals surface area contributed by atoms with Gasteiger partial charge in [0.05, 0.1) is 23.5 Å². The molecule has 9 heavy (non-hydrogen) atoms. The van der Waals surface area contributed by atoms with Crippen molar-refractivity contribution in [1.29, 1.82) is 0 Å². The predicted octanol–water partition coefficient (Wildman–Crippen LogP) is 1.14. The quantitative estimate of drug-likeness (QED) is 0.482. The molecule has 0 saturated heterocycles. The molecule has 0 aromatic heterocycles. The van der Waals surface area contributed by atoms with E-state index >= 15 is 0 Å². The SMILES string of the molecule is [B]CC(C[B])(C[B])CC. The molecule has 0 aromatic rings. The Balaban J connectivity index is 3.82. The van der Waals surface area contributed by atoms with Crippen molar-refractivity contribution in [3.8, 4) is 0 Å². The maximum Gasteiger partial charge on any atom is 0.0659 e. The van der Waals surface area contributed by atoms with Gasteiger partial charge in [-0.15, -0.1) is 0 Å². The normalized spacial score (nSPS) is 11.7. The van der Waals surface area contributed by atoms with Crippen LogP contribution in [0.3, 0.4) is 0 Å². The Hall–Kier alpha value is 0.195. The third kappa shape index (κ3) is 2.11. The Labute approximate surface area is 62.0 Å². The largest absolute Gasteiger partial charge is 0.0845 e. The van der Waals surface area contributed by atoms with Crippen molar-refractivity contribution in [2.45, 2.75) is 32.3 Å². The standard InChI is InChI=1S/C6H11B3/c1-2-6(3-7,4-8)5-9/h2-5H2,1H3. The van der Waals surface area contributed by atoms with Gasteiger partial charge in [-0.3, -0.25) is 0 Å². The van der Waals surface area contributed by atoms with Gasteiger partial charge >= 0.3 is 0 Å². The fourth-order valence-electron chi connectivity index (χ4n) is 0.683. The van der Waals surface area contributed by atoms with E-state index in [0.29, 0.717) is 19.0 Å². The summed E-state index contributed by atoms with van der Waals surface area (Å²) < 4.78 is 0. The van der Waals surface area contributed by atoms with Gasteiger partial charge in [0.15, 0.2) is 0 Å². The molecule has 0 saturated carbocycles. The van der Waals surface area contributed by atoms with E-state index in [0.717, 1.165) is 6.42 Å². The minimum atomic E-state index is 0. The molecule has 0 unspecified atom stereocenters. The van der Waals surface area contributed by atoms with E-state index in [4.69, 9.17) is 23.5 Å². The molecule has 0 rings (SSSR count). The molecule has 0 heterocycles. The third-order valence-corrected chi connectivity index (χ3v) is 2.05. The maximum absolute atomic E-state index is 5.48. The van der Waals surface area contributed by atoms with Gasteiger partial charge < -0.3 is 0 Å². The fourth-order valence-corrected chi connectivity index (χ4v) is 0.683. The zero-order chi connectivity index (χ0) is 7.33. The second-order valence-corrected chi connectivity index (χ2v) is 2.47. The highest BCUT2D eigenvalue weighted by Crippen LogP contribution is 2.32. The van der Waals surface area contributed by atoms with Gasteiger partial charge in [0.25, 0.3) is 0 Å². The summed E-state index contributed by atoms with van der Waals surface area (Å²) in [5.41, 5.74) is 0. The van der Waals surface area contributed by atoms with Gasteiger partial charge in [0.1, 0.15) is 0 Å². The lowest BCUT2D eigenvalue weighted by molar-refractivity contribution is 0.399. The molecule has 0 aliphatic heterocycles. The average molecular weight is 116 g/mol. The fraction of sp³-hybridized carbons (Fsp3) is 1.00. The first-order valence-electron chi connectivity index (χ1n) is 3.35. The summed E-state index contributed by atoms with van der Waals surface area (Å²) in [6, 6.07) is 0. The van der Waals surface area contributed by atoms with Crippen molar-refractivity contribution in [2.75, 3.05) is 0 Å². The van der Waals surface area contributed by atoms with Crippen molar-refractivity contribution in [3.63, 3.8) is 0 Å². The Kier molecular flexibility index (Phi) is 4.17. The lowest BCUT2D eigenvalue weighted by Crippen LogP contribution is -2.17. The van der Waals surface area contributed by atoms with Gasteiger partial charge in [-0.1, -0.05) is 37.7 Å². The molecular weight excluding hydrogens is 105 g/mol. The zero-order valence-corrected chi connectivity index (χ0v) is 6.06. The average Bonchev–Trinajstić information content (AvgIpc) is 1.95. The molecule has 0 spiro atoms. The first kappa shape index (κ1) is 9.19. The summed E-state index contributed by atoms with van der Waals surface area (Å²) in [5, 5.41) is 0. The molecule has 0 N–H and O–H groups in total. The minimum Gasteiger partial charge on any atom is -0.0845 e. The van der Waals surface area contributed by atoms with Crippen LogP contribution in [0.5, 0.6) is 0 Å². The lowest BCUT2D eigenvalue weighted by Gasteiger charge is -2.29. The molecule has 0 amide bonds. The Morgan fingerprint density at radius 3 is 1.33 bits per heavy atom. The second kappa shape index (κ2) is 4.08. The summed E-state index contributed by atoms with van der Waals surface area (Å²) >= 11 is 0. The van der Waals surface area contributed by atoms with Crippen molar-refractivity contribution in [2.24, 2.45) is 5.41 Å². The van der Waals surface area contributed by atoms with Gasteiger partial charge in [0, 0.05) is 0 Å². The number of rotatable bonds is 4. The molecule has 0 aliphatic carbocycles. The van der Waals surface area contributed by atoms with E-state index in [1.165, 1.54) is 0 Å². The van der Waals surface area contributed by atoms with E-state index in [-0.39, 0.29) is 5.41 Å². The zero-order valence-electron chi connectivity index (χ0n) is 6.06. The molecule has 0 nitrogen and oxygen atoms in total. The molecule has 0 bridgehead atoms. The number of hydrogen-bond donors (Lipinski definition) is 0. The lowest BCUT2D eigenvalue weighted by atomic mass is 9.61. The maximum atomic E-state index is 5.48. The van der Waals surface area contributed by atoms with Crippen LogP contribution < -0.4 is 0 Å². The van der Waals surface area contributed by atoms with Gasteiger partial charge in [-0.05, 0) is 0 Å². The Morgan fingerprint density at radius 1 is 1.00 bits per heavy atom. The third-order valence-electron chi connectivity index (χ3n) is 2.05. The van der Waals surface area contributed by atoms with Crippen LogP contribution in [-0.4, -0.2) is 23.5 Å². The first-order valence-corrected chi connectivity index (χ1v) is 3.35. The molecule has 3 heteroatoms. The van der Waals surface area contributed by atoms with Crippen molar-refractivity contribution < 1.29 is 0 Å². The molecule has 0 fully saturated rings. The van der Waals surface area contributed by atoms with Gasteiger partial charge in [-0.25, -0.2) is 0 Å². The van der Waals surface area contributed by atoms with Crippen LogP contribution in [0.2, 0.25) is 19.0 Å². The Morgan fingerprint density at radius 2 is 1.33 bits per heavy atom. The predicted molar refractivity (Wildman–Crippen MR) is 44.4 cm³/mol. The van der Waals surface area contributed by atoms with Crippen LogP contribution in [0.25, 0.3) is 0 Å². The van der Waals surface area contributed by atoms with E-state index in [9.17, 15) is 0 Å². The molecule has 0 atom stereocenters. The molecule has 0 aromatic carbocycles. The molecule has 44 valence electrons. The van der Waals surface area contributed by atoms with Crippen LogP contribution in [0.15, 0.2) is 0 Å². The summed E-state index contributed by atoms with van der Waals surface area (Å²) in [7, 11) is 16.4. The molecular formula is C6H11B3. The van der Waals surface area contributed by atoms with Crippen LogP contribution in [0, 0.1) is 5.41 Å². The van der Waals surface area contributed by atoms with Crippen molar-refractivity contribution in [3.05, 3.63) is 0 Å². The summed E-state index contributed by atoms with van der Waals surface area (Å²) in [5.74, 6) is 0. The van der Waals surface area contributed by atoms with Crippen LogP contribution in [-0.2, 0) is 0 Å². The monoisotopic (exact) mass is 116 g/mol. The van der Waals surface area contributed by atoms with Gasteiger partial charge in [0.2, 0.25) is 0 Å². The van der Waals surface area contributed by atoms with Crippen LogP contribution >= 0.6 is 0 Å². The number of hydrogen-bond acceptors (Lipinski definition) is 0. The summed E-state index contributed by atoms with van der Waals surface area (Å²) in [4.78, 5) is 0. The van der Waals surface area contributed by atoms with Crippen LogP contribution in [0.1, 0.15) is 13.3 Å². The highest BCUT2D eigenvalue weighted by molar-refractivity contribution is 6.15. The van der Waals surface area contributed by atoms with E-state index in [1.807, 2.05) is 0 Å². The highest BCUT2D eigenvalue weighted by atomic mass is 14.2. The molecule has 6 radical (unpaired) electrons. The highest BCUT2D eigenvalue weighted by Gasteiger charge is 2.18. The van der Waals surface area contributed by atoms with Gasteiger partial charge in [-0.2, -0.15) is 0 Å². The minimum absolute atomic E-state index is 0. The van der Waals surface area contributed by atoms with Crippen molar-refractivity contribution >= 4 is 23.5 Å². The van der Waals surface area contributed by atoms with Crippen LogP contribution in [0.4, 0.5) is 0 Å². The topological polar surface area (TPSA) is 0 Å². The van der Waals surface area contributed by atoms with Crippen molar-refractivity contribution in [1.82, 2.24) is 0 Å². The van der Waals surface area contributed by atoms with E-state index in [2.05, 4.69) is 6.92 Å². The first-order chi connectivity index (χ1) is 4.24. The molecule has 0 aliphatic rings. The second-order valence-electron chi connectivity index (χ2n) is 2.47. The van der Waals surface area contributed by atoms with E-state index in [1.54, 1.807) is 0 Å². The summed E-state index contributed by atoms with van der Waals surface area (Å²) in [6.07, 6.45) is 2.75.